The minimum atomic E-state index is -0.906. The van der Waals surface area contributed by atoms with Crippen molar-refractivity contribution in [1.29, 1.82) is 0 Å². The number of benzene rings is 2. The number of carboxylic acid groups (broad SMARTS) is 1. The highest BCUT2D eigenvalue weighted by atomic mass is 16.7. The van der Waals surface area contributed by atoms with E-state index in [1.54, 1.807) is 12.1 Å². The predicted molar refractivity (Wildman–Crippen MR) is 98.6 cm³/mol. The Labute approximate surface area is 161 Å². The molecule has 9 heteroatoms. The van der Waals surface area contributed by atoms with E-state index >= 15 is 0 Å². The monoisotopic (exact) mass is 388 g/mol. The predicted octanol–water partition coefficient (Wildman–Crippen LogP) is 2.81. The molecule has 0 bridgehead atoms. The molecule has 1 aliphatic rings. The van der Waals surface area contributed by atoms with Gasteiger partial charge >= 0.3 is 11.7 Å². The second kappa shape index (κ2) is 8.57. The number of nitro benzene ring substituents is 1. The largest absolute Gasteiger partial charge is 0.490 e. The van der Waals surface area contributed by atoms with Gasteiger partial charge in [0.1, 0.15) is 0 Å². The number of carboxylic acids is 1. The van der Waals surface area contributed by atoms with Crippen LogP contribution >= 0.6 is 0 Å². The van der Waals surface area contributed by atoms with Gasteiger partial charge in [-0.15, -0.1) is 0 Å². The van der Waals surface area contributed by atoms with Gasteiger partial charge in [-0.25, -0.2) is 0 Å². The molecule has 0 saturated heterocycles. The molecule has 2 aromatic rings. The molecule has 0 spiro atoms. The smallest absolute Gasteiger partial charge is 0.311 e. The number of carbonyl (C=O) groups is 1. The first kappa shape index (κ1) is 19.4. The van der Waals surface area contributed by atoms with E-state index in [1.807, 2.05) is 23.1 Å². The highest BCUT2D eigenvalue weighted by molar-refractivity contribution is 5.66. The van der Waals surface area contributed by atoms with Gasteiger partial charge in [0, 0.05) is 25.7 Å². The summed E-state index contributed by atoms with van der Waals surface area (Å²) in [6.07, 6.45) is -0.0389. The number of nitro groups is 1. The molecule has 9 nitrogen and oxygen atoms in total. The minimum Gasteiger partial charge on any atom is -0.490 e. The van der Waals surface area contributed by atoms with E-state index < -0.39 is 10.9 Å². The van der Waals surface area contributed by atoms with Crippen molar-refractivity contribution < 1.29 is 29.0 Å². The van der Waals surface area contributed by atoms with E-state index in [-0.39, 0.29) is 24.7 Å². The summed E-state index contributed by atoms with van der Waals surface area (Å²) in [5.74, 6) is 0.598. The SMILES string of the molecule is COc1ccc(CN(CCC(=O)O)Cc2ccc3c(c2)OCO3)cc1[N+](=O)[O-]. The van der Waals surface area contributed by atoms with Gasteiger partial charge in [-0.3, -0.25) is 19.8 Å². The summed E-state index contributed by atoms with van der Waals surface area (Å²) >= 11 is 0. The Kier molecular flexibility index (Phi) is 5.95. The number of hydrogen-bond acceptors (Lipinski definition) is 7. The third-order valence-electron chi connectivity index (χ3n) is 4.33. The minimum absolute atomic E-state index is 0.0389. The number of nitrogens with zero attached hydrogens (tertiary/aromatic N) is 2. The van der Waals surface area contributed by atoms with E-state index in [0.717, 1.165) is 5.56 Å². The van der Waals surface area contributed by atoms with Crippen molar-refractivity contribution in [3.63, 3.8) is 0 Å². The topological polar surface area (TPSA) is 111 Å². The Morgan fingerprint density at radius 2 is 1.86 bits per heavy atom. The third-order valence-corrected chi connectivity index (χ3v) is 4.33. The van der Waals surface area contributed by atoms with Gasteiger partial charge in [0.15, 0.2) is 17.2 Å². The lowest BCUT2D eigenvalue weighted by molar-refractivity contribution is -0.385. The molecule has 0 saturated carbocycles. The molecular formula is C19H20N2O7. The number of ether oxygens (including phenoxy) is 3. The highest BCUT2D eigenvalue weighted by Gasteiger charge is 2.18. The number of methoxy groups -OCH3 is 1. The maximum absolute atomic E-state index is 11.2. The maximum Gasteiger partial charge on any atom is 0.311 e. The van der Waals surface area contributed by atoms with Crippen LogP contribution in [-0.2, 0) is 17.9 Å². The van der Waals surface area contributed by atoms with Crippen LogP contribution in [0.15, 0.2) is 36.4 Å². The average molecular weight is 388 g/mol. The molecule has 1 aliphatic heterocycles. The van der Waals surface area contributed by atoms with Gasteiger partial charge in [0.2, 0.25) is 6.79 Å². The molecule has 1 heterocycles. The summed E-state index contributed by atoms with van der Waals surface area (Å²) in [6.45, 7) is 1.29. The molecule has 0 fully saturated rings. The molecule has 28 heavy (non-hydrogen) atoms. The maximum atomic E-state index is 11.2. The first-order valence-corrected chi connectivity index (χ1v) is 8.60. The van der Waals surface area contributed by atoms with Crippen LogP contribution in [0.2, 0.25) is 0 Å². The number of aliphatic carboxylic acids is 1. The molecule has 0 amide bonds. The quantitative estimate of drug-likeness (QED) is 0.516. The van der Waals surface area contributed by atoms with Gasteiger partial charge in [-0.2, -0.15) is 0 Å². The molecule has 0 radical (unpaired) electrons. The van der Waals surface area contributed by atoms with E-state index in [2.05, 4.69) is 0 Å². The number of hydrogen-bond donors (Lipinski definition) is 1. The Hall–Kier alpha value is -3.33. The lowest BCUT2D eigenvalue weighted by atomic mass is 10.1. The molecule has 148 valence electrons. The summed E-state index contributed by atoms with van der Waals surface area (Å²) in [5.41, 5.74) is 1.50. The molecule has 1 N–H and O–H groups in total. The van der Waals surface area contributed by atoms with Crippen LogP contribution in [0.5, 0.6) is 17.2 Å². The Morgan fingerprint density at radius 1 is 1.18 bits per heavy atom. The Balaban J connectivity index is 1.79. The molecule has 0 atom stereocenters. The fourth-order valence-corrected chi connectivity index (χ4v) is 3.00. The Morgan fingerprint density at radius 3 is 2.54 bits per heavy atom. The lowest BCUT2D eigenvalue weighted by Crippen LogP contribution is -2.25. The summed E-state index contributed by atoms with van der Waals surface area (Å²) < 4.78 is 15.7. The van der Waals surface area contributed by atoms with Crippen molar-refractivity contribution in [2.45, 2.75) is 19.5 Å². The van der Waals surface area contributed by atoms with E-state index in [1.165, 1.54) is 13.2 Å². The summed E-state index contributed by atoms with van der Waals surface area (Å²) in [7, 11) is 1.38. The summed E-state index contributed by atoms with van der Waals surface area (Å²) in [6, 6.07) is 10.3. The van der Waals surface area contributed by atoms with Gasteiger partial charge < -0.3 is 19.3 Å². The van der Waals surface area contributed by atoms with Crippen molar-refractivity contribution in [1.82, 2.24) is 4.90 Å². The average Bonchev–Trinajstić information content (AvgIpc) is 3.13. The first-order chi connectivity index (χ1) is 13.5. The van der Waals surface area contributed by atoms with Crippen molar-refractivity contribution in [3.05, 3.63) is 57.6 Å². The lowest BCUT2D eigenvalue weighted by Gasteiger charge is -2.22. The first-order valence-electron chi connectivity index (χ1n) is 8.60. The third kappa shape index (κ3) is 4.68. The van der Waals surface area contributed by atoms with Crippen LogP contribution in [0.1, 0.15) is 17.5 Å². The van der Waals surface area contributed by atoms with Crippen LogP contribution in [0.3, 0.4) is 0 Å². The van der Waals surface area contributed by atoms with Gasteiger partial charge in [-0.1, -0.05) is 12.1 Å². The van der Waals surface area contributed by atoms with Crippen molar-refractivity contribution >= 4 is 11.7 Å². The molecular weight excluding hydrogens is 368 g/mol. The van der Waals surface area contributed by atoms with Gasteiger partial charge in [0.05, 0.1) is 18.5 Å². The van der Waals surface area contributed by atoms with Crippen molar-refractivity contribution in [2.24, 2.45) is 0 Å². The van der Waals surface area contributed by atoms with Crippen molar-refractivity contribution in [3.8, 4) is 17.2 Å². The van der Waals surface area contributed by atoms with E-state index in [0.29, 0.717) is 36.7 Å². The fourth-order valence-electron chi connectivity index (χ4n) is 3.00. The second-order valence-electron chi connectivity index (χ2n) is 6.31. The molecule has 0 aromatic heterocycles. The fraction of sp³-hybridized carbons (Fsp3) is 0.316. The van der Waals surface area contributed by atoms with Gasteiger partial charge in [-0.05, 0) is 29.3 Å². The second-order valence-corrected chi connectivity index (χ2v) is 6.31. The molecule has 2 aromatic carbocycles. The van der Waals surface area contributed by atoms with Crippen LogP contribution in [0, 0.1) is 10.1 Å². The van der Waals surface area contributed by atoms with Crippen LogP contribution < -0.4 is 14.2 Å². The summed E-state index contributed by atoms with van der Waals surface area (Å²) in [5, 5.41) is 20.3. The van der Waals surface area contributed by atoms with Crippen LogP contribution in [0.4, 0.5) is 5.69 Å². The highest BCUT2D eigenvalue weighted by Crippen LogP contribution is 2.33. The van der Waals surface area contributed by atoms with Crippen LogP contribution in [-0.4, -0.2) is 41.3 Å². The zero-order valence-electron chi connectivity index (χ0n) is 15.3. The van der Waals surface area contributed by atoms with E-state index in [9.17, 15) is 14.9 Å². The molecule has 0 unspecified atom stereocenters. The number of fused-ring (bicyclic) bond motifs is 1. The zero-order valence-corrected chi connectivity index (χ0v) is 15.3. The number of rotatable bonds is 9. The van der Waals surface area contributed by atoms with Gasteiger partial charge in [0.25, 0.3) is 0 Å². The van der Waals surface area contributed by atoms with Crippen LogP contribution in [0.25, 0.3) is 0 Å². The van der Waals surface area contributed by atoms with Crippen molar-refractivity contribution in [2.75, 3.05) is 20.4 Å². The van der Waals surface area contributed by atoms with E-state index in [4.69, 9.17) is 19.3 Å². The zero-order chi connectivity index (χ0) is 20.1. The standard InChI is InChI=1S/C19H20N2O7/c1-26-16-4-2-13(8-15(16)21(24)25)10-20(7-6-19(22)23)11-14-3-5-17-18(9-14)28-12-27-17/h2-5,8-9H,6-7,10-12H2,1H3,(H,22,23). The Bertz CT molecular complexity index is 885. The molecule has 0 aliphatic carbocycles. The normalized spacial score (nSPS) is 12.2. The molecule has 3 rings (SSSR count). The summed E-state index contributed by atoms with van der Waals surface area (Å²) in [4.78, 5) is 23.7.